The number of carboxylic acids is 1. The number of carbonyl (C=O) groups is 3. The Bertz CT molecular complexity index is 1030. The Morgan fingerprint density at radius 2 is 1.06 bits per heavy atom. The van der Waals surface area contributed by atoms with E-state index in [1.54, 1.807) is 0 Å². The van der Waals surface area contributed by atoms with Gasteiger partial charge in [-0.2, -0.15) is 0 Å². The summed E-state index contributed by atoms with van der Waals surface area (Å²) in [5.41, 5.74) is 0. The molecule has 4 N–H and O–H groups in total. The molecule has 0 spiro atoms. The highest BCUT2D eigenvalue weighted by Gasteiger charge is 2.47. The van der Waals surface area contributed by atoms with Gasteiger partial charge in [-0.25, -0.2) is 4.79 Å². The molecule has 1 rings (SSSR count). The first-order chi connectivity index (χ1) is 25.7. The Kier molecular flexibility index (Phi) is 30.0. The number of hydrogen-bond acceptors (Lipinski definition) is 10. The molecule has 11 nitrogen and oxygen atoms in total. The molecule has 1 saturated heterocycles. The fourth-order valence-electron chi connectivity index (χ4n) is 5.90. The van der Waals surface area contributed by atoms with Gasteiger partial charge in [0.2, 0.25) is 0 Å². The van der Waals surface area contributed by atoms with E-state index >= 15 is 0 Å². The van der Waals surface area contributed by atoms with Crippen molar-refractivity contribution in [3.63, 3.8) is 0 Å². The molecule has 1 fully saturated rings. The summed E-state index contributed by atoms with van der Waals surface area (Å²) in [7, 11) is 0. The molecule has 53 heavy (non-hydrogen) atoms. The largest absolute Gasteiger partial charge is 0.479 e. The Labute approximate surface area is 319 Å². The molecule has 11 heteroatoms. The molecule has 0 bridgehead atoms. The zero-order chi connectivity index (χ0) is 38.9. The summed E-state index contributed by atoms with van der Waals surface area (Å²) in [5, 5.41) is 39.7. The Morgan fingerprint density at radius 3 is 1.58 bits per heavy atom. The van der Waals surface area contributed by atoms with Gasteiger partial charge in [-0.05, 0) is 70.6 Å². The molecule has 1 aliphatic heterocycles. The molecule has 6 atom stereocenters. The van der Waals surface area contributed by atoms with Gasteiger partial charge in [0, 0.05) is 12.8 Å². The molecule has 1 heterocycles. The zero-order valence-electron chi connectivity index (χ0n) is 32.8. The molecule has 6 unspecified atom stereocenters. The standard InChI is InChI=1S/C42H72O11/c1-3-5-7-9-11-13-15-17-18-19-21-22-24-26-28-30-35(43)50-32-34(33-51-42-39(47)37(45)38(46)40(53-42)41(48)49)52-36(44)31-29-27-25-23-20-16-14-12-10-8-6-4-2/h11-14,17-18,34,37-40,42,45-47H,3-10,15-16,19-33H2,1-2H3,(H,48,49)/b13-11-,14-12-,18-17-. The van der Waals surface area contributed by atoms with E-state index in [0.29, 0.717) is 12.8 Å². The number of hydrogen-bond donors (Lipinski definition) is 4. The van der Waals surface area contributed by atoms with Gasteiger partial charge >= 0.3 is 17.9 Å². The van der Waals surface area contributed by atoms with Crippen molar-refractivity contribution in [1.82, 2.24) is 0 Å². The maximum atomic E-state index is 12.7. The fourth-order valence-corrected chi connectivity index (χ4v) is 5.90. The van der Waals surface area contributed by atoms with Crippen LogP contribution in [0.4, 0.5) is 0 Å². The summed E-state index contributed by atoms with van der Waals surface area (Å²) in [6, 6.07) is 0. The SMILES string of the molecule is CCCCC/C=C\C/C=C\CCCCCCCC(=O)OCC(COC1OC(C(=O)O)C(O)C(O)C1O)OC(=O)CCCCCCC/C=C\CCCCC. The minimum Gasteiger partial charge on any atom is -0.479 e. The topological polar surface area (TPSA) is 169 Å². The van der Waals surface area contributed by atoms with Crippen molar-refractivity contribution in [2.24, 2.45) is 0 Å². The number of aliphatic carboxylic acids is 1. The summed E-state index contributed by atoms with van der Waals surface area (Å²) in [6.07, 6.45) is 26.3. The fraction of sp³-hybridized carbons (Fsp3) is 0.786. The Balaban J connectivity index is 2.43. The van der Waals surface area contributed by atoms with Crippen LogP contribution in [0.2, 0.25) is 0 Å². The molecule has 0 aromatic heterocycles. The first-order valence-corrected chi connectivity index (χ1v) is 20.5. The first kappa shape index (κ1) is 48.4. The van der Waals surface area contributed by atoms with Crippen molar-refractivity contribution in [2.75, 3.05) is 13.2 Å². The molecule has 0 aromatic carbocycles. The number of rotatable bonds is 33. The molecule has 306 valence electrons. The predicted molar refractivity (Wildman–Crippen MR) is 206 cm³/mol. The number of carbonyl (C=O) groups excluding carboxylic acids is 2. The van der Waals surface area contributed by atoms with Crippen LogP contribution in [-0.4, -0.2) is 88.4 Å². The average Bonchev–Trinajstić information content (AvgIpc) is 3.14. The molecule has 0 saturated carbocycles. The van der Waals surface area contributed by atoms with Crippen LogP contribution in [0.1, 0.15) is 162 Å². The summed E-state index contributed by atoms with van der Waals surface area (Å²) in [4.78, 5) is 36.7. The number of aliphatic hydroxyl groups is 3. The predicted octanol–water partition coefficient (Wildman–Crippen LogP) is 8.03. The van der Waals surface area contributed by atoms with Crippen LogP contribution in [0.15, 0.2) is 36.5 Å². The number of unbranched alkanes of at least 4 members (excludes halogenated alkanes) is 16. The van der Waals surface area contributed by atoms with E-state index in [-0.39, 0.29) is 19.4 Å². The highest BCUT2D eigenvalue weighted by atomic mass is 16.7. The monoisotopic (exact) mass is 753 g/mol. The van der Waals surface area contributed by atoms with Crippen LogP contribution < -0.4 is 0 Å². The van der Waals surface area contributed by atoms with Crippen molar-refractivity contribution >= 4 is 17.9 Å². The third kappa shape index (κ3) is 25.2. The molecule has 0 aliphatic carbocycles. The normalized spacial score (nSPS) is 21.1. The van der Waals surface area contributed by atoms with Crippen molar-refractivity contribution in [2.45, 2.75) is 198 Å². The maximum Gasteiger partial charge on any atom is 0.335 e. The summed E-state index contributed by atoms with van der Waals surface area (Å²) in [6.45, 7) is 3.72. The third-order valence-corrected chi connectivity index (χ3v) is 9.21. The third-order valence-electron chi connectivity index (χ3n) is 9.21. The lowest BCUT2D eigenvalue weighted by Gasteiger charge is -2.38. The van der Waals surface area contributed by atoms with Crippen LogP contribution in [0.5, 0.6) is 0 Å². The van der Waals surface area contributed by atoms with E-state index in [2.05, 4.69) is 50.3 Å². The number of aliphatic hydroxyl groups excluding tert-OH is 3. The second-order valence-corrected chi connectivity index (χ2v) is 14.1. The molecule has 1 aliphatic rings. The number of ether oxygens (including phenoxy) is 4. The van der Waals surface area contributed by atoms with E-state index in [9.17, 15) is 34.8 Å². The van der Waals surface area contributed by atoms with Crippen LogP contribution in [0.3, 0.4) is 0 Å². The van der Waals surface area contributed by atoms with Crippen molar-refractivity contribution in [3.8, 4) is 0 Å². The van der Waals surface area contributed by atoms with Gasteiger partial charge in [0.15, 0.2) is 18.5 Å². The zero-order valence-corrected chi connectivity index (χ0v) is 32.8. The van der Waals surface area contributed by atoms with Gasteiger partial charge in [-0.15, -0.1) is 0 Å². The van der Waals surface area contributed by atoms with Gasteiger partial charge in [-0.3, -0.25) is 9.59 Å². The van der Waals surface area contributed by atoms with Crippen molar-refractivity contribution < 1.29 is 53.8 Å². The van der Waals surface area contributed by atoms with E-state index in [1.165, 1.54) is 38.5 Å². The quantitative estimate of drug-likeness (QED) is 0.0291. The van der Waals surface area contributed by atoms with Crippen LogP contribution in [-0.2, 0) is 33.3 Å². The molecular formula is C42H72O11. The van der Waals surface area contributed by atoms with E-state index in [4.69, 9.17) is 18.9 Å². The van der Waals surface area contributed by atoms with Gasteiger partial charge in [0.1, 0.15) is 24.9 Å². The minimum absolute atomic E-state index is 0.169. The minimum atomic E-state index is -1.86. The lowest BCUT2D eigenvalue weighted by Crippen LogP contribution is -2.60. The second kappa shape index (κ2) is 32.8. The molecule has 0 aromatic rings. The first-order valence-electron chi connectivity index (χ1n) is 20.5. The summed E-state index contributed by atoms with van der Waals surface area (Å²) < 4.78 is 21.6. The van der Waals surface area contributed by atoms with E-state index in [1.807, 2.05) is 0 Å². The van der Waals surface area contributed by atoms with E-state index in [0.717, 1.165) is 83.5 Å². The number of carboxylic acid groups (broad SMARTS) is 1. The van der Waals surface area contributed by atoms with Crippen molar-refractivity contribution in [3.05, 3.63) is 36.5 Å². The smallest absolute Gasteiger partial charge is 0.335 e. The Morgan fingerprint density at radius 1 is 0.585 bits per heavy atom. The highest BCUT2D eigenvalue weighted by Crippen LogP contribution is 2.23. The highest BCUT2D eigenvalue weighted by molar-refractivity contribution is 5.73. The molecule has 0 amide bonds. The summed E-state index contributed by atoms with van der Waals surface area (Å²) >= 11 is 0. The average molecular weight is 753 g/mol. The number of allylic oxidation sites excluding steroid dienone is 6. The lowest BCUT2D eigenvalue weighted by molar-refractivity contribution is -0.298. The maximum absolute atomic E-state index is 12.7. The summed E-state index contributed by atoms with van der Waals surface area (Å²) in [5.74, 6) is -2.48. The number of esters is 2. The Hall–Kier alpha value is -2.57. The second-order valence-electron chi connectivity index (χ2n) is 14.1. The molecule has 0 radical (unpaired) electrons. The van der Waals surface area contributed by atoms with Gasteiger partial charge in [0.05, 0.1) is 6.61 Å². The van der Waals surface area contributed by atoms with Gasteiger partial charge < -0.3 is 39.4 Å². The van der Waals surface area contributed by atoms with Crippen LogP contribution >= 0.6 is 0 Å². The molecular weight excluding hydrogens is 680 g/mol. The van der Waals surface area contributed by atoms with E-state index < -0.39 is 61.3 Å². The van der Waals surface area contributed by atoms with Crippen LogP contribution in [0.25, 0.3) is 0 Å². The van der Waals surface area contributed by atoms with Crippen molar-refractivity contribution in [1.29, 1.82) is 0 Å². The lowest BCUT2D eigenvalue weighted by atomic mass is 9.99. The van der Waals surface area contributed by atoms with Crippen LogP contribution in [0, 0.1) is 0 Å². The van der Waals surface area contributed by atoms with Gasteiger partial charge in [-0.1, -0.05) is 115 Å². The van der Waals surface area contributed by atoms with Gasteiger partial charge in [0.25, 0.3) is 0 Å².